The number of methoxy groups -OCH3 is 1. The third kappa shape index (κ3) is 10.0. The molecule has 0 aromatic rings. The number of ether oxygens (including phenoxy) is 6. The van der Waals surface area contributed by atoms with E-state index in [1.54, 1.807) is 20.8 Å². The zero-order valence-electron chi connectivity index (χ0n) is 20.4. The molecule has 0 aromatic heterocycles. The van der Waals surface area contributed by atoms with Crippen molar-refractivity contribution in [3.8, 4) is 0 Å². The molecule has 0 aliphatic carbocycles. The van der Waals surface area contributed by atoms with Crippen molar-refractivity contribution in [2.24, 2.45) is 0 Å². The third-order valence-corrected chi connectivity index (χ3v) is 4.73. The maximum absolute atomic E-state index is 12.4. The molecule has 1 aliphatic heterocycles. The molecule has 1 saturated heterocycles. The zero-order chi connectivity index (χ0) is 26.4. The van der Waals surface area contributed by atoms with E-state index in [0.29, 0.717) is 19.3 Å². The van der Waals surface area contributed by atoms with Gasteiger partial charge >= 0.3 is 29.8 Å². The molecule has 0 aromatic carbocycles. The Kier molecular flexibility index (Phi) is 13.6. The molecule has 1 aliphatic rings. The Morgan fingerprint density at radius 3 is 1.63 bits per heavy atom. The largest absolute Gasteiger partial charge is 0.466 e. The van der Waals surface area contributed by atoms with Crippen LogP contribution in [-0.2, 0) is 52.4 Å². The summed E-state index contributed by atoms with van der Waals surface area (Å²) in [7, 11) is 1.12. The van der Waals surface area contributed by atoms with E-state index in [4.69, 9.17) is 23.7 Å². The second kappa shape index (κ2) is 15.8. The molecule has 12 nitrogen and oxygen atoms in total. The van der Waals surface area contributed by atoms with Crippen LogP contribution in [0.3, 0.4) is 0 Å². The number of aliphatic hydroxyl groups is 1. The van der Waals surface area contributed by atoms with Gasteiger partial charge in [-0.3, -0.25) is 14.4 Å². The van der Waals surface area contributed by atoms with Crippen molar-refractivity contribution in [2.75, 3.05) is 13.7 Å². The van der Waals surface area contributed by atoms with E-state index in [-0.39, 0.29) is 19.3 Å². The summed E-state index contributed by atoms with van der Waals surface area (Å²) < 4.78 is 31.6. The molecule has 35 heavy (non-hydrogen) atoms. The molecular weight excluding hydrogens is 468 g/mol. The normalized spacial score (nSPS) is 23.9. The van der Waals surface area contributed by atoms with Gasteiger partial charge in [0.2, 0.25) is 12.4 Å². The Morgan fingerprint density at radius 1 is 0.714 bits per heavy atom. The average Bonchev–Trinajstić information content (AvgIpc) is 2.81. The minimum atomic E-state index is -1.65. The highest BCUT2D eigenvalue weighted by Gasteiger charge is 2.53. The fourth-order valence-electron chi connectivity index (χ4n) is 3.12. The van der Waals surface area contributed by atoms with Crippen LogP contribution in [0.5, 0.6) is 0 Å². The van der Waals surface area contributed by atoms with Crippen LogP contribution in [0.15, 0.2) is 12.2 Å². The molecule has 1 rings (SSSR count). The number of esters is 5. The predicted octanol–water partition coefficient (Wildman–Crippen LogP) is 1.11. The van der Waals surface area contributed by atoms with Gasteiger partial charge in [0.25, 0.3) is 0 Å². The Morgan fingerprint density at radius 2 is 1.17 bits per heavy atom. The lowest BCUT2D eigenvalue weighted by Crippen LogP contribution is -2.63. The number of carbonyl (C=O) groups is 5. The molecule has 0 amide bonds. The molecule has 0 unspecified atom stereocenters. The van der Waals surface area contributed by atoms with E-state index in [9.17, 15) is 29.1 Å². The van der Waals surface area contributed by atoms with Gasteiger partial charge in [-0.25, -0.2) is 9.59 Å². The lowest BCUT2D eigenvalue weighted by atomic mass is 9.98. The van der Waals surface area contributed by atoms with Gasteiger partial charge < -0.3 is 33.5 Å². The summed E-state index contributed by atoms with van der Waals surface area (Å²) >= 11 is 0. The van der Waals surface area contributed by atoms with E-state index in [2.05, 4.69) is 4.74 Å². The van der Waals surface area contributed by atoms with Crippen LogP contribution in [0.25, 0.3) is 0 Å². The van der Waals surface area contributed by atoms with Crippen LogP contribution in [0.2, 0.25) is 0 Å². The molecule has 0 radical (unpaired) electrons. The highest BCUT2D eigenvalue weighted by molar-refractivity contribution is 5.91. The molecule has 0 spiro atoms. The monoisotopic (exact) mass is 502 g/mol. The average molecular weight is 503 g/mol. The first-order valence-corrected chi connectivity index (χ1v) is 11.5. The van der Waals surface area contributed by atoms with Gasteiger partial charge in [0, 0.05) is 31.4 Å². The van der Waals surface area contributed by atoms with Crippen molar-refractivity contribution in [2.45, 2.75) is 90.0 Å². The van der Waals surface area contributed by atoms with Crippen molar-refractivity contribution in [3.63, 3.8) is 0 Å². The maximum Gasteiger partial charge on any atom is 0.333 e. The van der Waals surface area contributed by atoms with E-state index in [1.165, 1.54) is 0 Å². The summed E-state index contributed by atoms with van der Waals surface area (Å²) in [6.45, 7) is 4.54. The molecule has 0 saturated carbocycles. The number of hydrogen-bond donors (Lipinski definition) is 1. The van der Waals surface area contributed by atoms with Crippen LogP contribution >= 0.6 is 0 Å². The van der Waals surface area contributed by atoms with E-state index in [1.807, 2.05) is 0 Å². The first-order chi connectivity index (χ1) is 16.7. The molecular formula is C23H34O12. The predicted molar refractivity (Wildman–Crippen MR) is 117 cm³/mol. The lowest BCUT2D eigenvalue weighted by molar-refractivity contribution is -0.299. The Labute approximate surface area is 203 Å². The van der Waals surface area contributed by atoms with Crippen LogP contribution in [0.1, 0.15) is 59.3 Å². The first kappa shape index (κ1) is 30.0. The molecule has 0 bridgehead atoms. The summed E-state index contributed by atoms with van der Waals surface area (Å²) in [6, 6.07) is 0. The number of carbonyl (C=O) groups excluding carboxylic acids is 5. The van der Waals surface area contributed by atoms with E-state index in [0.717, 1.165) is 19.3 Å². The fraction of sp³-hybridized carbons (Fsp3) is 0.696. The summed E-state index contributed by atoms with van der Waals surface area (Å²) in [4.78, 5) is 60.5. The van der Waals surface area contributed by atoms with Crippen molar-refractivity contribution < 1.29 is 57.5 Å². The summed E-state index contributed by atoms with van der Waals surface area (Å²) in [6.07, 6.45) is -4.26. The standard InChI is InChI=1S/C23H34O12/c1-5-8-16(26)32-20-14(13-24)31-23(35-19(29)12-11-15(25)30-4)22(34-18(28)10-7-3)21(20)33-17(27)9-6-2/h11-12,14,20-24H,5-10,13H2,1-4H3/b12-11+/t14-,20+,21+,22-,23-/m1/s1. The van der Waals surface area contributed by atoms with Gasteiger partial charge in [0.05, 0.1) is 13.7 Å². The van der Waals surface area contributed by atoms with Gasteiger partial charge in [-0.15, -0.1) is 0 Å². The van der Waals surface area contributed by atoms with Crippen molar-refractivity contribution >= 4 is 29.8 Å². The quantitative estimate of drug-likeness (QED) is 0.217. The fourth-order valence-corrected chi connectivity index (χ4v) is 3.12. The Hall–Kier alpha value is -2.99. The van der Waals surface area contributed by atoms with Crippen LogP contribution in [0.4, 0.5) is 0 Å². The van der Waals surface area contributed by atoms with Crippen molar-refractivity contribution in [1.29, 1.82) is 0 Å². The van der Waals surface area contributed by atoms with E-state index >= 15 is 0 Å². The molecule has 1 heterocycles. The highest BCUT2D eigenvalue weighted by Crippen LogP contribution is 2.30. The number of aliphatic hydroxyl groups excluding tert-OH is 1. The van der Waals surface area contributed by atoms with E-state index < -0.39 is 67.2 Å². The number of hydrogen-bond acceptors (Lipinski definition) is 12. The smallest absolute Gasteiger partial charge is 0.333 e. The lowest BCUT2D eigenvalue weighted by Gasteiger charge is -2.43. The van der Waals surface area contributed by atoms with Gasteiger partial charge in [0.15, 0.2) is 12.2 Å². The molecule has 1 fully saturated rings. The van der Waals surface area contributed by atoms with Crippen molar-refractivity contribution in [3.05, 3.63) is 12.2 Å². The SMILES string of the molecule is CCCC(=O)O[C@H]1[C@@H](OC(=O)CCC)[C@@H](CO)O[C@H](OC(=O)/C=C/C(=O)OC)[C@@H]1OC(=O)CCC. The second-order valence-electron chi connectivity index (χ2n) is 7.63. The first-order valence-electron chi connectivity index (χ1n) is 11.5. The van der Waals surface area contributed by atoms with Crippen molar-refractivity contribution in [1.82, 2.24) is 0 Å². The zero-order valence-corrected chi connectivity index (χ0v) is 20.4. The summed E-state index contributed by atoms with van der Waals surface area (Å²) in [5.74, 6) is -3.91. The minimum absolute atomic E-state index is 0.00124. The second-order valence-corrected chi connectivity index (χ2v) is 7.63. The summed E-state index contributed by atoms with van der Waals surface area (Å²) in [5.41, 5.74) is 0. The minimum Gasteiger partial charge on any atom is -0.466 e. The van der Waals surface area contributed by atoms with Gasteiger partial charge in [-0.2, -0.15) is 0 Å². The third-order valence-electron chi connectivity index (χ3n) is 4.73. The molecule has 12 heteroatoms. The maximum atomic E-state index is 12.4. The van der Waals surface area contributed by atoms with Crippen LogP contribution < -0.4 is 0 Å². The Bertz CT molecular complexity index is 762. The van der Waals surface area contributed by atoms with Gasteiger partial charge in [-0.05, 0) is 19.3 Å². The molecule has 5 atom stereocenters. The van der Waals surface area contributed by atoms with Gasteiger partial charge in [-0.1, -0.05) is 20.8 Å². The molecule has 198 valence electrons. The Balaban J connectivity index is 3.36. The topological polar surface area (TPSA) is 161 Å². The number of rotatable bonds is 13. The molecule has 1 N–H and O–H groups in total. The van der Waals surface area contributed by atoms with Gasteiger partial charge in [0.1, 0.15) is 6.10 Å². The van der Waals surface area contributed by atoms with Crippen LogP contribution in [0, 0.1) is 0 Å². The van der Waals surface area contributed by atoms with Crippen LogP contribution in [-0.4, -0.2) is 79.4 Å². The highest BCUT2D eigenvalue weighted by atomic mass is 16.7. The summed E-state index contributed by atoms with van der Waals surface area (Å²) in [5, 5.41) is 9.89.